The van der Waals surface area contributed by atoms with E-state index in [4.69, 9.17) is 4.52 Å². The second kappa shape index (κ2) is 7.17. The number of aromatic nitrogens is 1. The van der Waals surface area contributed by atoms with Crippen LogP contribution in [0.5, 0.6) is 0 Å². The Balaban J connectivity index is 1.40. The molecule has 5 rings (SSSR count). The lowest BCUT2D eigenvalue weighted by Gasteiger charge is -2.26. The maximum atomic E-state index is 13.3. The first kappa shape index (κ1) is 17.6. The third-order valence-electron chi connectivity index (χ3n) is 5.52. The molecule has 0 fully saturated rings. The van der Waals surface area contributed by atoms with Crippen LogP contribution in [0.2, 0.25) is 0 Å². The molecule has 2 heterocycles. The van der Waals surface area contributed by atoms with Crippen LogP contribution >= 0.6 is 0 Å². The van der Waals surface area contributed by atoms with Crippen LogP contribution in [0.3, 0.4) is 0 Å². The van der Waals surface area contributed by atoms with Crippen molar-refractivity contribution < 1.29 is 13.7 Å². The van der Waals surface area contributed by atoms with Crippen LogP contribution in [0.4, 0.5) is 4.39 Å². The van der Waals surface area contributed by atoms with Gasteiger partial charge in [-0.1, -0.05) is 47.6 Å². The van der Waals surface area contributed by atoms with Crippen LogP contribution in [-0.4, -0.2) is 22.5 Å². The Bertz CT molecular complexity index is 1190. The lowest BCUT2D eigenvalue weighted by Crippen LogP contribution is -2.36. The molecule has 4 nitrogen and oxygen atoms in total. The molecule has 0 N–H and O–H groups in total. The third kappa shape index (κ3) is 3.29. The number of halogens is 1. The molecular formula is C24H19FN2O2. The largest absolute Gasteiger partial charge is 0.356 e. The van der Waals surface area contributed by atoms with E-state index in [1.165, 1.54) is 12.1 Å². The predicted molar refractivity (Wildman–Crippen MR) is 109 cm³/mol. The van der Waals surface area contributed by atoms with Crippen molar-refractivity contribution in [2.45, 2.75) is 19.4 Å². The van der Waals surface area contributed by atoms with Crippen molar-refractivity contribution in [3.05, 3.63) is 89.4 Å². The van der Waals surface area contributed by atoms with Gasteiger partial charge in [0, 0.05) is 24.1 Å². The molecule has 1 aliphatic rings. The fraction of sp³-hybridized carbons (Fsp3) is 0.167. The Morgan fingerprint density at radius 2 is 1.83 bits per heavy atom. The summed E-state index contributed by atoms with van der Waals surface area (Å²) in [5, 5.41) is 6.41. The summed E-state index contributed by atoms with van der Waals surface area (Å²) in [5.74, 6) is 0.398. The molecule has 0 saturated heterocycles. The summed E-state index contributed by atoms with van der Waals surface area (Å²) in [6.07, 6.45) is 1.01. The summed E-state index contributed by atoms with van der Waals surface area (Å²) >= 11 is 0. The summed E-state index contributed by atoms with van der Waals surface area (Å²) in [7, 11) is 0. The first-order valence-electron chi connectivity index (χ1n) is 9.67. The average Bonchev–Trinajstić information content (AvgIpc) is 3.18. The molecule has 4 aromatic rings. The summed E-state index contributed by atoms with van der Waals surface area (Å²) < 4.78 is 18.8. The van der Waals surface area contributed by atoms with Crippen LogP contribution in [0, 0.1) is 5.82 Å². The van der Waals surface area contributed by atoms with Gasteiger partial charge in [-0.05, 0) is 40.6 Å². The zero-order valence-corrected chi connectivity index (χ0v) is 15.8. The molecule has 5 heteroatoms. The van der Waals surface area contributed by atoms with Crippen molar-refractivity contribution in [1.29, 1.82) is 0 Å². The van der Waals surface area contributed by atoms with Crippen molar-refractivity contribution in [2.75, 3.05) is 6.54 Å². The molecule has 0 bridgehead atoms. The number of carbonyl (C=O) groups excluding carboxylic acids is 1. The Kier molecular flexibility index (Phi) is 4.35. The van der Waals surface area contributed by atoms with E-state index in [1.807, 2.05) is 29.2 Å². The highest BCUT2D eigenvalue weighted by Gasteiger charge is 2.27. The van der Waals surface area contributed by atoms with Crippen LogP contribution in [0.25, 0.3) is 22.1 Å². The van der Waals surface area contributed by atoms with E-state index < -0.39 is 0 Å². The molecule has 1 aromatic heterocycles. The van der Waals surface area contributed by atoms with E-state index in [-0.39, 0.29) is 11.7 Å². The molecule has 29 heavy (non-hydrogen) atoms. The Hall–Kier alpha value is -3.47. The average molecular weight is 386 g/mol. The van der Waals surface area contributed by atoms with Gasteiger partial charge in [-0.25, -0.2) is 4.39 Å². The Morgan fingerprint density at radius 3 is 2.69 bits per heavy atom. The number of hydrogen-bond donors (Lipinski definition) is 0. The predicted octanol–water partition coefficient (Wildman–Crippen LogP) is 4.76. The van der Waals surface area contributed by atoms with E-state index in [0.29, 0.717) is 31.7 Å². The summed E-state index contributed by atoms with van der Waals surface area (Å²) in [4.78, 5) is 14.9. The first-order valence-corrected chi connectivity index (χ1v) is 9.67. The van der Waals surface area contributed by atoms with Gasteiger partial charge < -0.3 is 9.42 Å². The van der Waals surface area contributed by atoms with Crippen molar-refractivity contribution in [3.8, 4) is 11.3 Å². The van der Waals surface area contributed by atoms with E-state index in [1.54, 1.807) is 12.1 Å². The molecule has 0 unspecified atom stereocenters. The highest BCUT2D eigenvalue weighted by molar-refractivity contribution is 5.90. The first-order chi connectivity index (χ1) is 14.2. The number of hydrogen-bond acceptors (Lipinski definition) is 3. The van der Waals surface area contributed by atoms with Crippen LogP contribution < -0.4 is 0 Å². The molecular weight excluding hydrogens is 367 g/mol. The molecule has 1 amide bonds. The second-order valence-electron chi connectivity index (χ2n) is 7.32. The maximum Gasteiger partial charge on any atom is 0.227 e. The molecule has 0 radical (unpaired) electrons. The fourth-order valence-electron chi connectivity index (χ4n) is 3.97. The lowest BCUT2D eigenvalue weighted by molar-refractivity contribution is -0.131. The summed E-state index contributed by atoms with van der Waals surface area (Å²) in [5.41, 5.74) is 3.58. The Morgan fingerprint density at radius 1 is 1.03 bits per heavy atom. The van der Waals surface area contributed by atoms with Crippen molar-refractivity contribution >= 4 is 16.7 Å². The van der Waals surface area contributed by atoms with Gasteiger partial charge in [0.05, 0.1) is 18.7 Å². The van der Waals surface area contributed by atoms with Crippen LogP contribution in [0.15, 0.2) is 71.3 Å². The highest BCUT2D eigenvalue weighted by Crippen LogP contribution is 2.31. The minimum atomic E-state index is -0.297. The minimum Gasteiger partial charge on any atom is -0.356 e. The molecule has 144 valence electrons. The molecule has 3 aromatic carbocycles. The zero-order chi connectivity index (χ0) is 19.8. The number of benzene rings is 3. The normalized spacial score (nSPS) is 13.5. The van der Waals surface area contributed by atoms with E-state index >= 15 is 0 Å². The third-order valence-corrected chi connectivity index (χ3v) is 5.52. The van der Waals surface area contributed by atoms with E-state index in [9.17, 15) is 9.18 Å². The topological polar surface area (TPSA) is 46.3 Å². The van der Waals surface area contributed by atoms with Gasteiger partial charge in [-0.2, -0.15) is 0 Å². The number of rotatable bonds is 3. The number of amides is 1. The van der Waals surface area contributed by atoms with Crippen molar-refractivity contribution in [2.24, 2.45) is 0 Å². The van der Waals surface area contributed by atoms with Gasteiger partial charge >= 0.3 is 0 Å². The van der Waals surface area contributed by atoms with Crippen molar-refractivity contribution in [3.63, 3.8) is 0 Å². The van der Waals surface area contributed by atoms with Gasteiger partial charge in [0.25, 0.3) is 0 Å². The van der Waals surface area contributed by atoms with E-state index in [0.717, 1.165) is 33.2 Å². The molecule has 1 aliphatic heterocycles. The smallest absolute Gasteiger partial charge is 0.227 e. The van der Waals surface area contributed by atoms with Gasteiger partial charge in [-0.3, -0.25) is 4.79 Å². The molecule has 0 saturated carbocycles. The fourth-order valence-corrected chi connectivity index (χ4v) is 3.97. The second-order valence-corrected chi connectivity index (χ2v) is 7.32. The SMILES string of the molecule is O=C(Cc1cccc2ccccc12)N1CCc2noc(-c3ccc(F)cc3)c2C1. The van der Waals surface area contributed by atoms with Gasteiger partial charge in [0.2, 0.25) is 5.91 Å². The standard InChI is InChI=1S/C24H19FN2O2/c25-19-10-8-17(9-11-19)24-21-15-27(13-12-22(21)26-29-24)23(28)14-18-6-3-5-16-4-1-2-7-20(16)18/h1-11H,12-15H2. The quantitative estimate of drug-likeness (QED) is 0.510. The van der Waals surface area contributed by atoms with Gasteiger partial charge in [-0.15, -0.1) is 0 Å². The maximum absolute atomic E-state index is 13.3. The Labute approximate surface area is 167 Å². The lowest BCUT2D eigenvalue weighted by atomic mass is 9.99. The summed E-state index contributed by atoms with van der Waals surface area (Å²) in [6.45, 7) is 1.07. The molecule has 0 atom stereocenters. The highest BCUT2D eigenvalue weighted by atomic mass is 19.1. The number of carbonyl (C=O) groups is 1. The monoisotopic (exact) mass is 386 g/mol. The molecule has 0 aliphatic carbocycles. The van der Waals surface area contributed by atoms with Gasteiger partial charge in [0.1, 0.15) is 5.82 Å². The summed E-state index contributed by atoms with van der Waals surface area (Å²) in [6, 6.07) is 20.3. The van der Waals surface area contributed by atoms with Crippen LogP contribution in [0.1, 0.15) is 16.8 Å². The molecule has 0 spiro atoms. The minimum absolute atomic E-state index is 0.0817. The van der Waals surface area contributed by atoms with Crippen LogP contribution in [-0.2, 0) is 24.2 Å². The van der Waals surface area contributed by atoms with E-state index in [2.05, 4.69) is 23.4 Å². The van der Waals surface area contributed by atoms with Gasteiger partial charge in [0.15, 0.2) is 5.76 Å². The number of fused-ring (bicyclic) bond motifs is 2. The zero-order valence-electron chi connectivity index (χ0n) is 15.8. The van der Waals surface area contributed by atoms with Crippen molar-refractivity contribution in [1.82, 2.24) is 10.1 Å². The number of nitrogens with zero attached hydrogens (tertiary/aromatic N) is 2.